The summed E-state index contributed by atoms with van der Waals surface area (Å²) in [6.45, 7) is 0. The van der Waals surface area contributed by atoms with E-state index in [0.29, 0.717) is 0 Å². The first-order valence-corrected chi connectivity index (χ1v) is 6.50. The monoisotopic (exact) mass is 332 g/mol. The summed E-state index contributed by atoms with van der Waals surface area (Å²) in [6.07, 6.45) is -5.12. The summed E-state index contributed by atoms with van der Waals surface area (Å²) in [4.78, 5) is 34.3. The Kier molecular flexibility index (Phi) is 6.11. The van der Waals surface area contributed by atoms with Gasteiger partial charge in [-0.2, -0.15) is 13.2 Å². The van der Waals surface area contributed by atoms with E-state index in [1.807, 2.05) is 0 Å². The molecule has 1 aromatic carbocycles. The number of carbonyl (C=O) groups excluding carboxylic acids is 3. The molecular formula is C14H15F3N2O4. The van der Waals surface area contributed by atoms with Gasteiger partial charge in [0.15, 0.2) is 0 Å². The molecule has 0 aliphatic rings. The average Bonchev–Trinajstić information content (AvgIpc) is 2.49. The SMILES string of the molecule is COC(=O)CC[C@H](NC(=O)c1ccccc1C(F)(F)F)C(N)=O. The minimum atomic E-state index is -4.72. The molecule has 0 spiro atoms. The van der Waals surface area contributed by atoms with E-state index in [2.05, 4.69) is 10.1 Å². The highest BCUT2D eigenvalue weighted by Crippen LogP contribution is 2.31. The lowest BCUT2D eigenvalue weighted by Gasteiger charge is -2.17. The predicted octanol–water partition coefficient (Wildman–Crippen LogP) is 1.24. The maximum absolute atomic E-state index is 12.9. The first kappa shape index (κ1) is 18.5. The smallest absolute Gasteiger partial charge is 0.417 e. The van der Waals surface area contributed by atoms with Gasteiger partial charge >= 0.3 is 12.1 Å². The summed E-state index contributed by atoms with van der Waals surface area (Å²) >= 11 is 0. The van der Waals surface area contributed by atoms with Crippen LogP contribution in [-0.2, 0) is 20.5 Å². The molecule has 23 heavy (non-hydrogen) atoms. The summed E-state index contributed by atoms with van der Waals surface area (Å²) in [7, 11) is 1.14. The van der Waals surface area contributed by atoms with Crippen molar-refractivity contribution >= 4 is 17.8 Å². The van der Waals surface area contributed by atoms with Crippen molar-refractivity contribution in [2.24, 2.45) is 5.73 Å². The number of benzene rings is 1. The first-order chi connectivity index (χ1) is 10.7. The van der Waals surface area contributed by atoms with Crippen LogP contribution in [-0.4, -0.2) is 30.9 Å². The molecule has 1 atom stereocenters. The Morgan fingerprint density at radius 1 is 1.26 bits per heavy atom. The Labute approximate surface area is 129 Å². The fourth-order valence-corrected chi connectivity index (χ4v) is 1.81. The van der Waals surface area contributed by atoms with Crippen LogP contribution in [0.5, 0.6) is 0 Å². The maximum Gasteiger partial charge on any atom is 0.417 e. The molecule has 0 heterocycles. The van der Waals surface area contributed by atoms with Crippen molar-refractivity contribution in [1.82, 2.24) is 5.32 Å². The molecule has 0 unspecified atom stereocenters. The van der Waals surface area contributed by atoms with Crippen molar-refractivity contribution in [3.05, 3.63) is 35.4 Å². The highest BCUT2D eigenvalue weighted by molar-refractivity contribution is 5.98. The molecule has 0 aromatic heterocycles. The second kappa shape index (κ2) is 7.61. The third kappa shape index (κ3) is 5.28. The minimum absolute atomic E-state index is 0.179. The van der Waals surface area contributed by atoms with Gasteiger partial charge in [0.2, 0.25) is 5.91 Å². The van der Waals surface area contributed by atoms with Crippen LogP contribution in [0, 0.1) is 0 Å². The second-order valence-corrected chi connectivity index (χ2v) is 4.59. The third-order valence-electron chi connectivity index (χ3n) is 2.99. The largest absolute Gasteiger partial charge is 0.469 e. The number of primary amides is 1. The van der Waals surface area contributed by atoms with E-state index < -0.39 is 41.1 Å². The van der Waals surface area contributed by atoms with Crippen LogP contribution < -0.4 is 11.1 Å². The minimum Gasteiger partial charge on any atom is -0.469 e. The van der Waals surface area contributed by atoms with Crippen LogP contribution >= 0.6 is 0 Å². The number of amides is 2. The number of nitrogens with two attached hydrogens (primary N) is 1. The van der Waals surface area contributed by atoms with Crippen molar-refractivity contribution < 1.29 is 32.3 Å². The Balaban J connectivity index is 2.92. The fourth-order valence-electron chi connectivity index (χ4n) is 1.81. The Hall–Kier alpha value is -2.58. The average molecular weight is 332 g/mol. The van der Waals surface area contributed by atoms with Gasteiger partial charge in [0, 0.05) is 6.42 Å². The number of methoxy groups -OCH3 is 1. The van der Waals surface area contributed by atoms with E-state index in [-0.39, 0.29) is 12.8 Å². The van der Waals surface area contributed by atoms with Gasteiger partial charge in [-0.25, -0.2) is 0 Å². The van der Waals surface area contributed by atoms with Crippen LogP contribution in [0.1, 0.15) is 28.8 Å². The summed E-state index contributed by atoms with van der Waals surface area (Å²) < 4.78 is 43.0. The number of alkyl halides is 3. The Morgan fingerprint density at radius 2 is 1.87 bits per heavy atom. The lowest BCUT2D eigenvalue weighted by Crippen LogP contribution is -2.45. The zero-order valence-electron chi connectivity index (χ0n) is 12.1. The third-order valence-corrected chi connectivity index (χ3v) is 2.99. The molecule has 0 saturated carbocycles. The molecule has 1 rings (SSSR count). The first-order valence-electron chi connectivity index (χ1n) is 6.50. The molecule has 9 heteroatoms. The van der Waals surface area contributed by atoms with Crippen LogP contribution in [0.3, 0.4) is 0 Å². The zero-order chi connectivity index (χ0) is 17.6. The lowest BCUT2D eigenvalue weighted by atomic mass is 10.0. The van der Waals surface area contributed by atoms with Crippen molar-refractivity contribution in [2.45, 2.75) is 25.1 Å². The number of nitrogens with one attached hydrogen (secondary N) is 1. The van der Waals surface area contributed by atoms with Crippen molar-refractivity contribution in [2.75, 3.05) is 7.11 Å². The van der Waals surface area contributed by atoms with Crippen LogP contribution in [0.2, 0.25) is 0 Å². The number of halogens is 3. The molecule has 0 saturated heterocycles. The summed E-state index contributed by atoms with van der Waals surface area (Å²) in [5.74, 6) is -2.71. The van der Waals surface area contributed by atoms with E-state index in [1.54, 1.807) is 0 Å². The molecule has 1 aromatic rings. The van der Waals surface area contributed by atoms with Crippen molar-refractivity contribution in [3.63, 3.8) is 0 Å². The molecular weight excluding hydrogens is 317 g/mol. The molecule has 0 fully saturated rings. The molecule has 126 valence electrons. The number of rotatable bonds is 6. The Bertz CT molecular complexity index is 602. The van der Waals surface area contributed by atoms with Gasteiger partial charge in [-0.1, -0.05) is 12.1 Å². The van der Waals surface area contributed by atoms with Crippen molar-refractivity contribution in [1.29, 1.82) is 0 Å². The second-order valence-electron chi connectivity index (χ2n) is 4.59. The summed E-state index contributed by atoms with van der Waals surface area (Å²) in [6, 6.07) is 2.85. The van der Waals surface area contributed by atoms with Gasteiger partial charge < -0.3 is 15.8 Å². The quantitative estimate of drug-likeness (QED) is 0.766. The van der Waals surface area contributed by atoms with Gasteiger partial charge in [-0.05, 0) is 18.6 Å². The molecule has 0 bridgehead atoms. The standard InChI is InChI=1S/C14H15F3N2O4/c1-23-11(20)7-6-10(12(18)21)19-13(22)8-4-2-3-5-9(8)14(15,16)17/h2-5,10H,6-7H2,1H3,(H2,18,21)(H,19,22)/t10-/m0/s1. The number of hydrogen-bond donors (Lipinski definition) is 2. The topological polar surface area (TPSA) is 98.5 Å². The molecule has 6 nitrogen and oxygen atoms in total. The molecule has 3 N–H and O–H groups in total. The number of hydrogen-bond acceptors (Lipinski definition) is 4. The summed E-state index contributed by atoms with van der Waals surface area (Å²) in [5.41, 5.74) is 3.32. The highest BCUT2D eigenvalue weighted by Gasteiger charge is 2.35. The predicted molar refractivity (Wildman–Crippen MR) is 73.1 cm³/mol. The number of esters is 1. The summed E-state index contributed by atoms with van der Waals surface area (Å²) in [5, 5.41) is 2.10. The molecule has 0 radical (unpaired) electrons. The van der Waals surface area contributed by atoms with E-state index >= 15 is 0 Å². The fraction of sp³-hybridized carbons (Fsp3) is 0.357. The van der Waals surface area contributed by atoms with Crippen LogP contribution in [0.4, 0.5) is 13.2 Å². The van der Waals surface area contributed by atoms with E-state index in [1.165, 1.54) is 6.07 Å². The van der Waals surface area contributed by atoms with Crippen LogP contribution in [0.15, 0.2) is 24.3 Å². The Morgan fingerprint density at radius 3 is 2.39 bits per heavy atom. The van der Waals surface area contributed by atoms with Gasteiger partial charge in [0.25, 0.3) is 5.91 Å². The van der Waals surface area contributed by atoms with Crippen LogP contribution in [0.25, 0.3) is 0 Å². The highest BCUT2D eigenvalue weighted by atomic mass is 19.4. The van der Waals surface area contributed by atoms with Gasteiger partial charge in [0.05, 0.1) is 18.2 Å². The molecule has 0 aliphatic carbocycles. The number of carbonyl (C=O) groups is 3. The molecule has 2 amide bonds. The van der Waals surface area contributed by atoms with Gasteiger partial charge in [-0.15, -0.1) is 0 Å². The normalized spacial score (nSPS) is 12.3. The maximum atomic E-state index is 12.9. The molecule has 0 aliphatic heterocycles. The zero-order valence-corrected chi connectivity index (χ0v) is 12.1. The van der Waals surface area contributed by atoms with E-state index in [4.69, 9.17) is 5.73 Å². The number of ether oxygens (including phenoxy) is 1. The van der Waals surface area contributed by atoms with Crippen molar-refractivity contribution in [3.8, 4) is 0 Å². The lowest BCUT2D eigenvalue weighted by molar-refractivity contribution is -0.141. The van der Waals surface area contributed by atoms with Gasteiger partial charge in [0.1, 0.15) is 6.04 Å². The van der Waals surface area contributed by atoms with Gasteiger partial charge in [-0.3, -0.25) is 14.4 Å². The van der Waals surface area contributed by atoms with E-state index in [0.717, 1.165) is 25.3 Å². The van der Waals surface area contributed by atoms with E-state index in [9.17, 15) is 27.6 Å².